The largest absolute Gasteiger partial charge is 0.353 e. The zero-order chi connectivity index (χ0) is 16.4. The molecular weight excluding hydrogens is 288 g/mol. The molecule has 3 rings (SSSR count). The summed E-state index contributed by atoms with van der Waals surface area (Å²) >= 11 is 0. The van der Waals surface area contributed by atoms with Crippen LogP contribution in [-0.2, 0) is 0 Å². The topological polar surface area (TPSA) is 48.5 Å². The van der Waals surface area contributed by atoms with Crippen LogP contribution in [0.4, 0.5) is 10.6 Å². The van der Waals surface area contributed by atoms with Crippen molar-refractivity contribution in [1.82, 2.24) is 15.2 Å². The lowest BCUT2D eigenvalue weighted by molar-refractivity contribution is 0.191. The molecule has 0 spiro atoms. The second-order valence-electron chi connectivity index (χ2n) is 6.39. The first kappa shape index (κ1) is 15.6. The Balaban J connectivity index is 1.71. The van der Waals surface area contributed by atoms with Crippen molar-refractivity contribution in [2.45, 2.75) is 26.8 Å². The summed E-state index contributed by atoms with van der Waals surface area (Å²) in [6.45, 7) is 9.18. The van der Waals surface area contributed by atoms with Crippen LogP contribution in [-0.4, -0.2) is 48.1 Å². The van der Waals surface area contributed by atoms with E-state index in [1.807, 2.05) is 30.9 Å². The molecule has 5 heteroatoms. The minimum Gasteiger partial charge on any atom is -0.353 e. The molecule has 1 fully saturated rings. The number of nitrogens with zero attached hydrogens (tertiary/aromatic N) is 3. The summed E-state index contributed by atoms with van der Waals surface area (Å²) in [4.78, 5) is 21.0. The summed E-state index contributed by atoms with van der Waals surface area (Å²) in [5.41, 5.74) is 2.27. The normalized spacial score (nSPS) is 15.3. The molecule has 2 amide bonds. The minimum atomic E-state index is 0.0299. The Hall–Kier alpha value is -2.30. The fourth-order valence-corrected chi connectivity index (χ4v) is 2.97. The highest BCUT2D eigenvalue weighted by Crippen LogP contribution is 2.23. The van der Waals surface area contributed by atoms with Crippen LogP contribution in [0, 0.1) is 6.92 Å². The summed E-state index contributed by atoms with van der Waals surface area (Å²) in [6.07, 6.45) is 0. The third-order valence-corrected chi connectivity index (χ3v) is 4.21. The Morgan fingerprint density at radius 1 is 1.17 bits per heavy atom. The number of pyridine rings is 1. The molecule has 1 aliphatic heterocycles. The van der Waals surface area contributed by atoms with Crippen molar-refractivity contribution in [3.63, 3.8) is 0 Å². The lowest BCUT2D eigenvalue weighted by Crippen LogP contribution is -2.53. The van der Waals surface area contributed by atoms with Crippen LogP contribution in [0.25, 0.3) is 10.9 Å². The molecule has 0 aliphatic carbocycles. The van der Waals surface area contributed by atoms with E-state index in [-0.39, 0.29) is 12.1 Å². The van der Waals surface area contributed by atoms with Gasteiger partial charge in [-0.3, -0.25) is 0 Å². The molecule has 1 aromatic heterocycles. The number of aromatic nitrogens is 1. The van der Waals surface area contributed by atoms with Crippen LogP contribution in [0.1, 0.15) is 19.4 Å². The fraction of sp³-hybridized carbons (Fsp3) is 0.444. The predicted octanol–water partition coefficient (Wildman–Crippen LogP) is 2.78. The van der Waals surface area contributed by atoms with Gasteiger partial charge in [0, 0.05) is 37.6 Å². The number of amides is 2. The Bertz CT molecular complexity index is 705. The Labute approximate surface area is 137 Å². The van der Waals surface area contributed by atoms with E-state index >= 15 is 0 Å². The van der Waals surface area contributed by atoms with E-state index in [0.717, 1.165) is 37.5 Å². The Morgan fingerprint density at radius 2 is 1.87 bits per heavy atom. The molecule has 1 saturated heterocycles. The first-order valence-corrected chi connectivity index (χ1v) is 8.21. The Morgan fingerprint density at radius 3 is 2.57 bits per heavy atom. The van der Waals surface area contributed by atoms with E-state index < -0.39 is 0 Å². The smallest absolute Gasteiger partial charge is 0.317 e. The van der Waals surface area contributed by atoms with Crippen LogP contribution in [0.5, 0.6) is 0 Å². The first-order valence-electron chi connectivity index (χ1n) is 8.21. The second-order valence-corrected chi connectivity index (χ2v) is 6.39. The number of hydrogen-bond donors (Lipinski definition) is 1. The number of benzene rings is 1. The standard InChI is InChI=1S/C18H24N4O/c1-13(2)19-18(23)22-10-8-21(9-11-22)17-12-14(3)15-6-4-5-7-16(15)20-17/h4-7,12-13H,8-11H2,1-3H3,(H,19,23). The van der Waals surface area contributed by atoms with E-state index in [0.29, 0.717) is 0 Å². The van der Waals surface area contributed by atoms with Crippen molar-refractivity contribution < 1.29 is 4.79 Å². The zero-order valence-corrected chi connectivity index (χ0v) is 14.0. The number of piperazine rings is 1. The van der Waals surface area contributed by atoms with E-state index in [2.05, 4.69) is 35.3 Å². The molecule has 0 saturated carbocycles. The first-order chi connectivity index (χ1) is 11.0. The van der Waals surface area contributed by atoms with Crippen molar-refractivity contribution in [2.75, 3.05) is 31.1 Å². The van der Waals surface area contributed by atoms with Crippen LogP contribution in [0.2, 0.25) is 0 Å². The van der Waals surface area contributed by atoms with Gasteiger partial charge >= 0.3 is 6.03 Å². The minimum absolute atomic E-state index is 0.0299. The number of rotatable bonds is 2. The number of carbonyl (C=O) groups is 1. The van der Waals surface area contributed by atoms with Gasteiger partial charge in [0.25, 0.3) is 0 Å². The van der Waals surface area contributed by atoms with Gasteiger partial charge in [-0.05, 0) is 38.5 Å². The molecule has 1 aromatic carbocycles. The summed E-state index contributed by atoms with van der Waals surface area (Å²) in [7, 11) is 0. The average molecular weight is 312 g/mol. The third-order valence-electron chi connectivity index (χ3n) is 4.21. The molecule has 2 aromatic rings. The molecule has 0 radical (unpaired) electrons. The van der Waals surface area contributed by atoms with Crippen molar-refractivity contribution in [1.29, 1.82) is 0 Å². The van der Waals surface area contributed by atoms with Crippen molar-refractivity contribution in [3.8, 4) is 0 Å². The Kier molecular flexibility index (Phi) is 4.37. The van der Waals surface area contributed by atoms with Crippen LogP contribution >= 0.6 is 0 Å². The van der Waals surface area contributed by atoms with E-state index in [9.17, 15) is 4.79 Å². The molecule has 0 atom stereocenters. The molecule has 1 N–H and O–H groups in total. The number of urea groups is 1. The van der Waals surface area contributed by atoms with Gasteiger partial charge in [0.2, 0.25) is 0 Å². The van der Waals surface area contributed by atoms with Crippen LogP contribution < -0.4 is 10.2 Å². The third kappa shape index (κ3) is 3.38. The summed E-state index contributed by atoms with van der Waals surface area (Å²) in [6, 6.07) is 10.6. The number of carbonyl (C=O) groups excluding carboxylic acids is 1. The lowest BCUT2D eigenvalue weighted by Gasteiger charge is -2.36. The van der Waals surface area contributed by atoms with Gasteiger partial charge in [-0.15, -0.1) is 0 Å². The number of aryl methyl sites for hydroxylation is 1. The van der Waals surface area contributed by atoms with Gasteiger partial charge in [0.1, 0.15) is 5.82 Å². The summed E-state index contributed by atoms with van der Waals surface area (Å²) in [5, 5.41) is 4.15. The molecule has 1 aliphatic rings. The number of nitrogens with one attached hydrogen (secondary N) is 1. The summed E-state index contributed by atoms with van der Waals surface area (Å²) < 4.78 is 0. The highest BCUT2D eigenvalue weighted by atomic mass is 16.2. The lowest BCUT2D eigenvalue weighted by atomic mass is 10.1. The van der Waals surface area contributed by atoms with Gasteiger partial charge < -0.3 is 15.1 Å². The van der Waals surface area contributed by atoms with Gasteiger partial charge in [0.15, 0.2) is 0 Å². The van der Waals surface area contributed by atoms with E-state index in [1.165, 1.54) is 10.9 Å². The van der Waals surface area contributed by atoms with Crippen LogP contribution in [0.3, 0.4) is 0 Å². The van der Waals surface area contributed by atoms with Gasteiger partial charge in [0.05, 0.1) is 5.52 Å². The average Bonchev–Trinajstić information content (AvgIpc) is 2.54. The highest BCUT2D eigenvalue weighted by molar-refractivity contribution is 5.84. The maximum absolute atomic E-state index is 12.1. The molecule has 122 valence electrons. The predicted molar refractivity (Wildman–Crippen MR) is 93.9 cm³/mol. The number of para-hydroxylation sites is 1. The number of hydrogen-bond acceptors (Lipinski definition) is 3. The molecular formula is C18H24N4O. The van der Waals surface area contributed by atoms with Gasteiger partial charge in [-0.25, -0.2) is 9.78 Å². The van der Waals surface area contributed by atoms with Gasteiger partial charge in [-0.2, -0.15) is 0 Å². The monoisotopic (exact) mass is 312 g/mol. The second kappa shape index (κ2) is 6.44. The molecule has 2 heterocycles. The van der Waals surface area contributed by atoms with E-state index in [4.69, 9.17) is 4.98 Å². The quantitative estimate of drug-likeness (QED) is 0.927. The number of fused-ring (bicyclic) bond motifs is 1. The number of anilines is 1. The molecule has 0 unspecified atom stereocenters. The van der Waals surface area contributed by atoms with Crippen molar-refractivity contribution in [3.05, 3.63) is 35.9 Å². The van der Waals surface area contributed by atoms with E-state index in [1.54, 1.807) is 0 Å². The summed E-state index contributed by atoms with van der Waals surface area (Å²) in [5.74, 6) is 1.00. The molecule has 5 nitrogen and oxygen atoms in total. The van der Waals surface area contributed by atoms with Crippen molar-refractivity contribution >= 4 is 22.8 Å². The maximum Gasteiger partial charge on any atom is 0.317 e. The van der Waals surface area contributed by atoms with Gasteiger partial charge in [-0.1, -0.05) is 18.2 Å². The fourth-order valence-electron chi connectivity index (χ4n) is 2.97. The SMILES string of the molecule is Cc1cc(N2CCN(C(=O)NC(C)C)CC2)nc2ccccc12. The highest BCUT2D eigenvalue weighted by Gasteiger charge is 2.22. The molecule has 23 heavy (non-hydrogen) atoms. The van der Waals surface area contributed by atoms with Crippen molar-refractivity contribution in [2.24, 2.45) is 0 Å². The van der Waals surface area contributed by atoms with Crippen LogP contribution in [0.15, 0.2) is 30.3 Å². The maximum atomic E-state index is 12.1. The molecule has 0 bridgehead atoms. The zero-order valence-electron chi connectivity index (χ0n) is 14.0.